The minimum Gasteiger partial charge on any atom is -0.325 e. The van der Waals surface area contributed by atoms with E-state index in [1.165, 1.54) is 5.56 Å². The molecule has 0 amide bonds. The van der Waals surface area contributed by atoms with Crippen LogP contribution in [0.1, 0.15) is 36.8 Å². The van der Waals surface area contributed by atoms with Gasteiger partial charge in [-0.1, -0.05) is 19.9 Å². The van der Waals surface area contributed by atoms with E-state index in [4.69, 9.17) is 0 Å². The molecule has 0 bridgehead atoms. The van der Waals surface area contributed by atoms with Crippen LogP contribution in [0.15, 0.2) is 24.4 Å². The van der Waals surface area contributed by atoms with Crippen LogP contribution in [0.25, 0.3) is 0 Å². The molecule has 0 saturated heterocycles. The fourth-order valence-electron chi connectivity index (χ4n) is 1.89. The second-order valence-corrected chi connectivity index (χ2v) is 4.66. The lowest BCUT2D eigenvalue weighted by Gasteiger charge is -2.13. The molecule has 0 unspecified atom stereocenters. The van der Waals surface area contributed by atoms with Crippen LogP contribution in [0.2, 0.25) is 0 Å². The van der Waals surface area contributed by atoms with Gasteiger partial charge in [-0.3, -0.25) is 0 Å². The molecule has 0 fully saturated rings. The summed E-state index contributed by atoms with van der Waals surface area (Å²) in [6, 6.07) is 5.96. The number of rotatable bonds is 3. The SMILES string of the molecule is Cc1cc(Nc2ncccc2C(C)C)nc(C)n1. The van der Waals surface area contributed by atoms with Gasteiger partial charge >= 0.3 is 0 Å². The topological polar surface area (TPSA) is 50.7 Å². The molecule has 2 rings (SSSR count). The minimum atomic E-state index is 0.422. The molecule has 18 heavy (non-hydrogen) atoms. The lowest BCUT2D eigenvalue weighted by Crippen LogP contribution is -2.03. The van der Waals surface area contributed by atoms with Crippen molar-refractivity contribution in [2.75, 3.05) is 5.32 Å². The first-order valence-electron chi connectivity index (χ1n) is 6.10. The van der Waals surface area contributed by atoms with Crippen LogP contribution in [0.5, 0.6) is 0 Å². The number of hydrogen-bond donors (Lipinski definition) is 1. The van der Waals surface area contributed by atoms with Crippen molar-refractivity contribution in [3.8, 4) is 0 Å². The number of anilines is 2. The van der Waals surface area contributed by atoms with Gasteiger partial charge in [0.05, 0.1) is 0 Å². The number of hydrogen-bond acceptors (Lipinski definition) is 4. The van der Waals surface area contributed by atoms with Crippen LogP contribution in [-0.2, 0) is 0 Å². The van der Waals surface area contributed by atoms with Crippen molar-refractivity contribution < 1.29 is 0 Å². The fourth-order valence-corrected chi connectivity index (χ4v) is 1.89. The summed E-state index contributed by atoms with van der Waals surface area (Å²) >= 11 is 0. The van der Waals surface area contributed by atoms with Gasteiger partial charge in [-0.25, -0.2) is 15.0 Å². The molecule has 0 atom stereocenters. The molecule has 0 aliphatic heterocycles. The standard InChI is InChI=1S/C14H18N4/c1-9(2)12-6-5-7-15-14(12)18-13-8-10(3)16-11(4)17-13/h5-9H,1-4H3,(H,15,16,17,18). The Balaban J connectivity index is 2.34. The number of aryl methyl sites for hydroxylation is 2. The zero-order chi connectivity index (χ0) is 13.1. The molecule has 2 aromatic heterocycles. The van der Waals surface area contributed by atoms with Crippen molar-refractivity contribution in [3.63, 3.8) is 0 Å². The molecule has 0 aromatic carbocycles. The fraction of sp³-hybridized carbons (Fsp3) is 0.357. The Morgan fingerprint density at radius 1 is 1.17 bits per heavy atom. The summed E-state index contributed by atoms with van der Waals surface area (Å²) in [5.41, 5.74) is 2.14. The molecule has 4 heteroatoms. The maximum atomic E-state index is 4.38. The summed E-state index contributed by atoms with van der Waals surface area (Å²) in [4.78, 5) is 13.0. The highest BCUT2D eigenvalue weighted by atomic mass is 15.1. The Bertz CT molecular complexity index is 529. The lowest BCUT2D eigenvalue weighted by atomic mass is 10.0. The maximum absolute atomic E-state index is 4.38. The predicted molar refractivity (Wildman–Crippen MR) is 73.1 cm³/mol. The normalized spacial score (nSPS) is 10.7. The Morgan fingerprint density at radius 3 is 2.61 bits per heavy atom. The van der Waals surface area contributed by atoms with Crippen LogP contribution in [0.4, 0.5) is 11.6 Å². The predicted octanol–water partition coefficient (Wildman–Crippen LogP) is 3.36. The zero-order valence-electron chi connectivity index (χ0n) is 11.2. The maximum Gasteiger partial charge on any atom is 0.135 e. The van der Waals surface area contributed by atoms with Crippen LogP contribution >= 0.6 is 0 Å². The van der Waals surface area contributed by atoms with Crippen molar-refractivity contribution in [3.05, 3.63) is 41.5 Å². The number of aromatic nitrogens is 3. The Hall–Kier alpha value is -1.97. The molecule has 0 radical (unpaired) electrons. The van der Waals surface area contributed by atoms with Crippen molar-refractivity contribution >= 4 is 11.6 Å². The summed E-state index contributed by atoms with van der Waals surface area (Å²) in [5.74, 6) is 2.84. The van der Waals surface area contributed by atoms with Crippen molar-refractivity contribution in [2.24, 2.45) is 0 Å². The first-order valence-corrected chi connectivity index (χ1v) is 6.10. The smallest absolute Gasteiger partial charge is 0.135 e. The monoisotopic (exact) mass is 242 g/mol. The Labute approximate surface area is 108 Å². The van der Waals surface area contributed by atoms with E-state index in [0.29, 0.717) is 5.92 Å². The summed E-state index contributed by atoms with van der Waals surface area (Å²) in [5, 5.41) is 3.27. The molecular formula is C14H18N4. The third-order valence-corrected chi connectivity index (χ3v) is 2.67. The van der Waals surface area contributed by atoms with E-state index in [1.807, 2.05) is 26.0 Å². The molecule has 0 aliphatic rings. The molecule has 0 spiro atoms. The molecule has 94 valence electrons. The van der Waals surface area contributed by atoms with Crippen LogP contribution < -0.4 is 5.32 Å². The summed E-state index contributed by atoms with van der Waals surface area (Å²) in [6.07, 6.45) is 1.79. The van der Waals surface area contributed by atoms with E-state index >= 15 is 0 Å². The average Bonchev–Trinajstić information content (AvgIpc) is 2.27. The summed E-state index contributed by atoms with van der Waals surface area (Å²) in [7, 11) is 0. The van der Waals surface area contributed by atoms with E-state index in [9.17, 15) is 0 Å². The highest BCUT2D eigenvalue weighted by molar-refractivity contribution is 5.56. The second kappa shape index (κ2) is 5.12. The number of nitrogens with zero attached hydrogens (tertiary/aromatic N) is 3. The Kier molecular flexibility index (Phi) is 3.55. The average molecular weight is 242 g/mol. The minimum absolute atomic E-state index is 0.422. The van der Waals surface area contributed by atoms with Crippen LogP contribution in [-0.4, -0.2) is 15.0 Å². The number of pyridine rings is 1. The molecule has 4 nitrogen and oxygen atoms in total. The Morgan fingerprint density at radius 2 is 1.94 bits per heavy atom. The van der Waals surface area contributed by atoms with Gasteiger partial charge in [0.25, 0.3) is 0 Å². The highest BCUT2D eigenvalue weighted by Crippen LogP contribution is 2.24. The van der Waals surface area contributed by atoms with Gasteiger partial charge in [0.15, 0.2) is 0 Å². The lowest BCUT2D eigenvalue weighted by molar-refractivity contribution is 0.861. The molecule has 0 saturated carbocycles. The van der Waals surface area contributed by atoms with E-state index in [0.717, 1.165) is 23.2 Å². The number of nitrogens with one attached hydrogen (secondary N) is 1. The van der Waals surface area contributed by atoms with Gasteiger partial charge in [0.2, 0.25) is 0 Å². The van der Waals surface area contributed by atoms with Crippen molar-refractivity contribution in [1.82, 2.24) is 15.0 Å². The first kappa shape index (κ1) is 12.5. The zero-order valence-corrected chi connectivity index (χ0v) is 11.2. The van der Waals surface area contributed by atoms with Crippen LogP contribution in [0.3, 0.4) is 0 Å². The van der Waals surface area contributed by atoms with Gasteiger partial charge < -0.3 is 5.32 Å². The molecule has 0 aliphatic carbocycles. The molecule has 2 heterocycles. The third-order valence-electron chi connectivity index (χ3n) is 2.67. The van der Waals surface area contributed by atoms with E-state index in [2.05, 4.69) is 40.2 Å². The summed E-state index contributed by atoms with van der Waals surface area (Å²) < 4.78 is 0. The van der Waals surface area contributed by atoms with E-state index in [1.54, 1.807) is 6.20 Å². The quantitative estimate of drug-likeness (QED) is 0.896. The van der Waals surface area contributed by atoms with Gasteiger partial charge in [-0.05, 0) is 31.4 Å². The van der Waals surface area contributed by atoms with E-state index < -0.39 is 0 Å². The van der Waals surface area contributed by atoms with Gasteiger partial charge in [-0.2, -0.15) is 0 Å². The second-order valence-electron chi connectivity index (χ2n) is 4.66. The molecule has 1 N–H and O–H groups in total. The molecular weight excluding hydrogens is 224 g/mol. The third kappa shape index (κ3) is 2.83. The first-order chi connectivity index (χ1) is 8.56. The summed E-state index contributed by atoms with van der Waals surface area (Å²) in [6.45, 7) is 8.15. The highest BCUT2D eigenvalue weighted by Gasteiger charge is 2.08. The van der Waals surface area contributed by atoms with Gasteiger partial charge in [-0.15, -0.1) is 0 Å². The van der Waals surface area contributed by atoms with Crippen molar-refractivity contribution in [2.45, 2.75) is 33.6 Å². The van der Waals surface area contributed by atoms with E-state index in [-0.39, 0.29) is 0 Å². The molecule has 2 aromatic rings. The van der Waals surface area contributed by atoms with Gasteiger partial charge in [0.1, 0.15) is 17.5 Å². The largest absolute Gasteiger partial charge is 0.325 e. The van der Waals surface area contributed by atoms with Crippen LogP contribution in [0, 0.1) is 13.8 Å². The van der Waals surface area contributed by atoms with Crippen molar-refractivity contribution in [1.29, 1.82) is 0 Å². The van der Waals surface area contributed by atoms with Gasteiger partial charge in [0, 0.05) is 18.0 Å².